The molecular weight excluding hydrogens is 436 g/mol. The zero-order valence-electron chi connectivity index (χ0n) is 20.7. The van der Waals surface area contributed by atoms with E-state index in [1.54, 1.807) is 24.8 Å². The fourth-order valence-corrected chi connectivity index (χ4v) is 10.4. The van der Waals surface area contributed by atoms with Gasteiger partial charge in [0.25, 0.3) is 0 Å². The summed E-state index contributed by atoms with van der Waals surface area (Å²) in [5.74, 6) is 7.17. The zero-order chi connectivity index (χ0) is 23.4. The fraction of sp³-hybridized carbons (Fsp3) is 0.412. The molecule has 2 heteroatoms. The first-order valence-electron chi connectivity index (χ1n) is 14.2. The van der Waals surface area contributed by atoms with Gasteiger partial charge in [-0.2, -0.15) is 0 Å². The maximum Gasteiger partial charge on any atom is 0.0894 e. The number of nitrogens with zero attached hydrogens (tertiary/aromatic N) is 2. The van der Waals surface area contributed by atoms with Gasteiger partial charge in [-0.1, -0.05) is 60.7 Å². The van der Waals surface area contributed by atoms with Gasteiger partial charge in [0.1, 0.15) is 0 Å². The topological polar surface area (TPSA) is 25.8 Å². The highest BCUT2D eigenvalue weighted by molar-refractivity contribution is 5.77. The number of benzene rings is 3. The van der Waals surface area contributed by atoms with E-state index in [1.807, 2.05) is 30.5 Å². The van der Waals surface area contributed by atoms with E-state index < -0.39 is 0 Å². The molecule has 4 unspecified atom stereocenters. The molecule has 178 valence electrons. The Kier molecular flexibility index (Phi) is 3.94. The van der Waals surface area contributed by atoms with Crippen molar-refractivity contribution >= 4 is 11.0 Å². The molecule has 36 heavy (non-hydrogen) atoms. The van der Waals surface area contributed by atoms with Crippen LogP contribution in [0.4, 0.5) is 0 Å². The minimum Gasteiger partial charge on any atom is -0.252 e. The third kappa shape index (κ3) is 2.58. The largest absolute Gasteiger partial charge is 0.252 e. The van der Waals surface area contributed by atoms with E-state index in [4.69, 9.17) is 4.98 Å². The van der Waals surface area contributed by atoms with E-state index in [-0.39, 0.29) is 0 Å². The Bertz CT molecular complexity index is 1460. The molecule has 2 nitrogen and oxygen atoms in total. The summed E-state index contributed by atoms with van der Waals surface area (Å²) in [4.78, 5) is 9.42. The molecule has 0 N–H and O–H groups in total. The minimum absolute atomic E-state index is 0.501. The van der Waals surface area contributed by atoms with E-state index in [9.17, 15) is 0 Å². The molecule has 0 radical (unpaired) electrons. The quantitative estimate of drug-likeness (QED) is 0.305. The number of fused-ring (bicyclic) bond motifs is 1. The lowest BCUT2D eigenvalue weighted by Gasteiger charge is -2.74. The summed E-state index contributed by atoms with van der Waals surface area (Å²) in [5.41, 5.74) is 8.73. The number of hydrogen-bond donors (Lipinski definition) is 0. The van der Waals surface area contributed by atoms with Crippen LogP contribution in [0.2, 0.25) is 0 Å². The molecule has 4 atom stereocenters. The predicted octanol–water partition coefficient (Wildman–Crippen LogP) is 7.92. The number of rotatable bonds is 3. The van der Waals surface area contributed by atoms with Crippen molar-refractivity contribution in [3.8, 4) is 22.4 Å². The summed E-state index contributed by atoms with van der Waals surface area (Å²) < 4.78 is 0. The smallest absolute Gasteiger partial charge is 0.0894 e. The Hall–Kier alpha value is -3.00. The molecule has 7 aliphatic carbocycles. The molecule has 0 aliphatic heterocycles. The molecular formula is C34H32N2. The average Bonchev–Trinajstić information content (AvgIpc) is 2.95. The van der Waals surface area contributed by atoms with Crippen LogP contribution >= 0.6 is 0 Å². The van der Waals surface area contributed by atoms with E-state index in [2.05, 4.69) is 53.5 Å². The maximum atomic E-state index is 4.82. The van der Waals surface area contributed by atoms with E-state index >= 15 is 0 Å². The number of hydrogen-bond acceptors (Lipinski definition) is 2. The van der Waals surface area contributed by atoms with E-state index in [0.29, 0.717) is 5.41 Å². The van der Waals surface area contributed by atoms with Crippen LogP contribution in [-0.2, 0) is 5.41 Å². The highest BCUT2D eigenvalue weighted by Gasteiger charge is 2.70. The van der Waals surface area contributed by atoms with Gasteiger partial charge >= 0.3 is 0 Å². The van der Waals surface area contributed by atoms with Gasteiger partial charge in [0.15, 0.2) is 0 Å². The monoisotopic (exact) mass is 468 g/mol. The highest BCUT2D eigenvalue weighted by atomic mass is 14.8. The molecule has 7 aliphatic rings. The van der Waals surface area contributed by atoms with Crippen molar-refractivity contribution in [1.82, 2.24) is 9.97 Å². The van der Waals surface area contributed by atoms with Gasteiger partial charge in [0, 0.05) is 11.0 Å². The lowest BCUT2D eigenvalue weighted by molar-refractivity contribution is -0.220. The van der Waals surface area contributed by atoms with E-state index in [1.165, 1.54) is 30.4 Å². The van der Waals surface area contributed by atoms with Crippen LogP contribution in [0.3, 0.4) is 0 Å². The Morgan fingerprint density at radius 3 is 1.92 bits per heavy atom. The van der Waals surface area contributed by atoms with E-state index in [0.717, 1.165) is 63.7 Å². The molecule has 7 saturated carbocycles. The second-order valence-corrected chi connectivity index (χ2v) is 12.8. The molecule has 4 aromatic rings. The summed E-state index contributed by atoms with van der Waals surface area (Å²) >= 11 is 0. The molecule has 11 rings (SSSR count). The molecule has 8 bridgehead atoms. The molecule has 0 saturated heterocycles. The van der Waals surface area contributed by atoms with Crippen LogP contribution < -0.4 is 0 Å². The third-order valence-corrected chi connectivity index (χ3v) is 11.5. The second kappa shape index (κ2) is 7.06. The summed E-state index contributed by atoms with van der Waals surface area (Å²) in [7, 11) is 0. The highest BCUT2D eigenvalue weighted by Crippen LogP contribution is 2.76. The van der Waals surface area contributed by atoms with Crippen LogP contribution in [0.1, 0.15) is 44.1 Å². The normalized spacial score (nSPS) is 37.2. The van der Waals surface area contributed by atoms with Gasteiger partial charge in [0.2, 0.25) is 0 Å². The number of aromatic nitrogens is 2. The lowest BCUT2D eigenvalue weighted by Crippen LogP contribution is -2.69. The summed E-state index contributed by atoms with van der Waals surface area (Å²) in [6.45, 7) is 0. The molecule has 3 aromatic carbocycles. The first-order chi connectivity index (χ1) is 17.8. The van der Waals surface area contributed by atoms with Gasteiger partial charge in [-0.3, -0.25) is 4.98 Å². The molecule has 7 fully saturated rings. The van der Waals surface area contributed by atoms with Gasteiger partial charge in [-0.15, -0.1) is 0 Å². The van der Waals surface area contributed by atoms with Crippen molar-refractivity contribution < 1.29 is 0 Å². The summed E-state index contributed by atoms with van der Waals surface area (Å²) in [6.07, 6.45) is 11.1. The third-order valence-electron chi connectivity index (χ3n) is 11.5. The Balaban J connectivity index is 1.04. The molecule has 1 heterocycles. The Morgan fingerprint density at radius 1 is 0.583 bits per heavy atom. The van der Waals surface area contributed by atoms with Crippen molar-refractivity contribution in [3.05, 3.63) is 84.6 Å². The SMILES string of the molecule is c1ccc2nc(-c3ccc(-c4ccc(C56CC7CC8C9CC(CC85)CC6C9C7)cc4)cc3)cnc2c1. The Labute approximate surface area is 213 Å². The van der Waals surface area contributed by atoms with Crippen LogP contribution in [0.15, 0.2) is 79.0 Å². The standard InChI is InChI=1S/C34H32N2/c1-2-4-32-31(3-1)35-19-33(36-32)24-7-5-22(6-8-24)23-9-11-25(12-10-23)34-18-21-14-27-26-13-20(16-29(27)34)17-30(34)28(26)15-21/h1-12,19-21,26-30H,13-18H2. The summed E-state index contributed by atoms with van der Waals surface area (Å²) in [6, 6.07) is 26.8. The van der Waals surface area contributed by atoms with Crippen LogP contribution in [0.25, 0.3) is 33.4 Å². The van der Waals surface area contributed by atoms with Gasteiger partial charge in [0.05, 0.1) is 22.9 Å². The van der Waals surface area contributed by atoms with Crippen LogP contribution in [0.5, 0.6) is 0 Å². The molecule has 0 spiro atoms. The fourth-order valence-electron chi connectivity index (χ4n) is 10.4. The number of para-hydroxylation sites is 2. The van der Waals surface area contributed by atoms with Crippen LogP contribution in [-0.4, -0.2) is 9.97 Å². The lowest BCUT2D eigenvalue weighted by atomic mass is 9.30. The van der Waals surface area contributed by atoms with Gasteiger partial charge in [-0.25, -0.2) is 4.98 Å². The minimum atomic E-state index is 0.501. The molecule has 1 aromatic heterocycles. The van der Waals surface area contributed by atoms with Gasteiger partial charge in [-0.05, 0) is 109 Å². The van der Waals surface area contributed by atoms with Crippen LogP contribution in [0, 0.1) is 41.4 Å². The maximum absolute atomic E-state index is 4.82. The summed E-state index contributed by atoms with van der Waals surface area (Å²) in [5, 5.41) is 0. The Morgan fingerprint density at radius 2 is 1.19 bits per heavy atom. The van der Waals surface area contributed by atoms with Gasteiger partial charge < -0.3 is 0 Å². The van der Waals surface area contributed by atoms with Crippen molar-refractivity contribution in [2.75, 3.05) is 0 Å². The molecule has 0 amide bonds. The first-order valence-corrected chi connectivity index (χ1v) is 14.2. The predicted molar refractivity (Wildman–Crippen MR) is 144 cm³/mol. The van der Waals surface area contributed by atoms with Crippen molar-refractivity contribution in [2.24, 2.45) is 41.4 Å². The van der Waals surface area contributed by atoms with Crippen molar-refractivity contribution in [3.63, 3.8) is 0 Å². The first kappa shape index (κ1) is 20.1. The van der Waals surface area contributed by atoms with Crippen molar-refractivity contribution in [2.45, 2.75) is 43.9 Å². The average molecular weight is 469 g/mol. The second-order valence-electron chi connectivity index (χ2n) is 12.8. The zero-order valence-corrected chi connectivity index (χ0v) is 20.7. The van der Waals surface area contributed by atoms with Crippen molar-refractivity contribution in [1.29, 1.82) is 0 Å².